The number of nitrogens with one attached hydrogen (secondary N) is 1. The molecule has 0 radical (unpaired) electrons. The van der Waals surface area contributed by atoms with Gasteiger partial charge in [0.25, 0.3) is 11.5 Å². The molecule has 0 spiro atoms. The third-order valence-electron chi connectivity index (χ3n) is 7.92. The van der Waals surface area contributed by atoms with Gasteiger partial charge < -0.3 is 29.4 Å². The number of aromatic hydroxyl groups is 1. The largest absolute Gasteiger partial charge is 0.503 e. The third kappa shape index (κ3) is 6.48. The smallest absolute Gasteiger partial charge is 0.338 e. The van der Waals surface area contributed by atoms with Gasteiger partial charge >= 0.3 is 5.97 Å². The van der Waals surface area contributed by atoms with E-state index in [4.69, 9.17) is 30.5 Å². The Bertz CT molecular complexity index is 2340. The number of hydrogen-bond acceptors (Lipinski definition) is 10. The van der Waals surface area contributed by atoms with Crippen molar-refractivity contribution in [3.8, 4) is 23.0 Å². The molecule has 0 aliphatic carbocycles. The zero-order valence-corrected chi connectivity index (χ0v) is 28.3. The van der Waals surface area contributed by atoms with Crippen LogP contribution in [-0.4, -0.2) is 49.5 Å². The molecule has 250 valence electrons. The number of phenols is 1. The molecule has 1 aromatic heterocycles. The van der Waals surface area contributed by atoms with E-state index in [1.165, 1.54) is 38.0 Å². The lowest BCUT2D eigenvalue weighted by molar-refractivity contribution is -0.136. The molecule has 1 aliphatic rings. The SMILES string of the molecule is COC(=O)C1=C(C)N=c2s/c(=C/c3ccc(OCC(=O)Nc4cccc5ccccc45)c(OC)c3)c(=O)n2C1c1cc(Cl)c(O)c(OC)c1. The summed E-state index contributed by atoms with van der Waals surface area (Å²) in [6, 6.07) is 20.5. The van der Waals surface area contributed by atoms with Gasteiger partial charge in [-0.1, -0.05) is 65.4 Å². The average molecular weight is 700 g/mol. The second-order valence-corrected chi connectivity index (χ2v) is 12.3. The Labute approximate surface area is 288 Å². The van der Waals surface area contributed by atoms with Gasteiger partial charge in [-0.15, -0.1) is 0 Å². The molecule has 0 saturated carbocycles. The molecule has 5 aromatic rings. The van der Waals surface area contributed by atoms with Crippen LogP contribution in [0.2, 0.25) is 5.02 Å². The number of hydrogen-bond donors (Lipinski definition) is 2. The topological polar surface area (TPSA) is 138 Å². The lowest BCUT2D eigenvalue weighted by Crippen LogP contribution is -2.39. The van der Waals surface area contributed by atoms with E-state index in [0.29, 0.717) is 43.3 Å². The highest BCUT2D eigenvalue weighted by Gasteiger charge is 2.34. The molecular formula is C36H30ClN3O8S. The summed E-state index contributed by atoms with van der Waals surface area (Å²) in [5, 5.41) is 15.1. The monoisotopic (exact) mass is 699 g/mol. The van der Waals surface area contributed by atoms with E-state index in [0.717, 1.165) is 22.1 Å². The van der Waals surface area contributed by atoms with Crippen molar-refractivity contribution in [2.45, 2.75) is 13.0 Å². The van der Waals surface area contributed by atoms with Crippen LogP contribution < -0.4 is 34.4 Å². The predicted molar refractivity (Wildman–Crippen MR) is 187 cm³/mol. The van der Waals surface area contributed by atoms with E-state index in [1.54, 1.807) is 31.2 Å². The van der Waals surface area contributed by atoms with Crippen molar-refractivity contribution in [2.75, 3.05) is 33.3 Å². The van der Waals surface area contributed by atoms with Crippen molar-refractivity contribution < 1.29 is 33.6 Å². The van der Waals surface area contributed by atoms with Crippen LogP contribution >= 0.6 is 22.9 Å². The molecule has 13 heteroatoms. The first-order valence-electron chi connectivity index (χ1n) is 14.9. The Morgan fingerprint density at radius 2 is 1.76 bits per heavy atom. The molecule has 2 heterocycles. The summed E-state index contributed by atoms with van der Waals surface area (Å²) in [5.74, 6) is -0.517. The Balaban J connectivity index is 1.31. The zero-order valence-electron chi connectivity index (χ0n) is 26.8. The molecule has 2 N–H and O–H groups in total. The van der Waals surface area contributed by atoms with Crippen LogP contribution in [0, 0.1) is 0 Å². The molecule has 49 heavy (non-hydrogen) atoms. The number of nitrogens with zero attached hydrogens (tertiary/aromatic N) is 2. The van der Waals surface area contributed by atoms with Crippen molar-refractivity contribution in [1.82, 2.24) is 4.57 Å². The van der Waals surface area contributed by atoms with Crippen molar-refractivity contribution in [3.05, 3.63) is 120 Å². The van der Waals surface area contributed by atoms with E-state index in [1.807, 2.05) is 42.5 Å². The van der Waals surface area contributed by atoms with Crippen LogP contribution in [-0.2, 0) is 14.3 Å². The first kappa shape index (κ1) is 33.3. The Hall–Kier alpha value is -5.59. The number of phenolic OH excluding ortho intramolecular Hbond substituents is 1. The number of methoxy groups -OCH3 is 3. The fourth-order valence-electron chi connectivity index (χ4n) is 5.62. The predicted octanol–water partition coefficient (Wildman–Crippen LogP) is 4.96. The highest BCUT2D eigenvalue weighted by Crippen LogP contribution is 2.40. The fourth-order valence-corrected chi connectivity index (χ4v) is 6.89. The number of carbonyl (C=O) groups excluding carboxylic acids is 2. The average Bonchev–Trinajstić information content (AvgIpc) is 3.41. The minimum Gasteiger partial charge on any atom is -0.503 e. The van der Waals surface area contributed by atoms with Gasteiger partial charge in [0.05, 0.1) is 48.2 Å². The molecule has 0 bridgehead atoms. The highest BCUT2D eigenvalue weighted by molar-refractivity contribution is 7.07. The summed E-state index contributed by atoms with van der Waals surface area (Å²) in [7, 11) is 4.09. The minimum atomic E-state index is -0.969. The van der Waals surface area contributed by atoms with Gasteiger partial charge in [-0.25, -0.2) is 9.79 Å². The van der Waals surface area contributed by atoms with Crippen molar-refractivity contribution in [3.63, 3.8) is 0 Å². The maximum absolute atomic E-state index is 14.0. The number of anilines is 1. The van der Waals surface area contributed by atoms with Gasteiger partial charge in [0.2, 0.25) is 0 Å². The van der Waals surface area contributed by atoms with Crippen LogP contribution in [0.5, 0.6) is 23.0 Å². The second-order valence-electron chi connectivity index (χ2n) is 10.9. The van der Waals surface area contributed by atoms with Gasteiger partial charge in [0.1, 0.15) is 0 Å². The summed E-state index contributed by atoms with van der Waals surface area (Å²) in [6.45, 7) is 1.40. The van der Waals surface area contributed by atoms with E-state index in [2.05, 4.69) is 10.3 Å². The fraction of sp³-hybridized carbons (Fsp3) is 0.167. The first-order chi connectivity index (χ1) is 23.6. The molecule has 0 saturated heterocycles. The number of fused-ring (bicyclic) bond motifs is 2. The van der Waals surface area contributed by atoms with E-state index < -0.39 is 17.6 Å². The number of benzene rings is 4. The molecule has 1 unspecified atom stereocenters. The quantitative estimate of drug-likeness (QED) is 0.206. The summed E-state index contributed by atoms with van der Waals surface area (Å²) in [6.07, 6.45) is 1.67. The molecule has 1 aliphatic heterocycles. The third-order valence-corrected chi connectivity index (χ3v) is 9.19. The molecule has 1 amide bonds. The van der Waals surface area contributed by atoms with Gasteiger partial charge in [-0.3, -0.25) is 14.2 Å². The first-order valence-corrected chi connectivity index (χ1v) is 16.1. The highest BCUT2D eigenvalue weighted by atomic mass is 35.5. The van der Waals surface area contributed by atoms with Gasteiger partial charge in [0.15, 0.2) is 34.4 Å². The summed E-state index contributed by atoms with van der Waals surface area (Å²) in [5.41, 5.74) is 1.78. The van der Waals surface area contributed by atoms with Gasteiger partial charge in [-0.2, -0.15) is 0 Å². The van der Waals surface area contributed by atoms with Crippen molar-refractivity contribution in [2.24, 2.45) is 4.99 Å². The Morgan fingerprint density at radius 1 is 1.00 bits per heavy atom. The van der Waals surface area contributed by atoms with Crippen LogP contribution in [0.25, 0.3) is 16.8 Å². The molecule has 0 fully saturated rings. The minimum absolute atomic E-state index is 0.0178. The van der Waals surface area contributed by atoms with Crippen molar-refractivity contribution in [1.29, 1.82) is 0 Å². The molecule has 11 nitrogen and oxygen atoms in total. The normalized spacial score (nSPS) is 14.2. The van der Waals surface area contributed by atoms with E-state index in [9.17, 15) is 19.5 Å². The van der Waals surface area contributed by atoms with Gasteiger partial charge in [-0.05, 0) is 59.8 Å². The molecule has 4 aromatic carbocycles. The number of rotatable bonds is 9. The van der Waals surface area contributed by atoms with Gasteiger partial charge in [0, 0.05) is 11.1 Å². The number of aromatic nitrogens is 1. The summed E-state index contributed by atoms with van der Waals surface area (Å²) in [4.78, 5) is 44.7. The lowest BCUT2D eigenvalue weighted by Gasteiger charge is -2.25. The maximum Gasteiger partial charge on any atom is 0.338 e. The van der Waals surface area contributed by atoms with Crippen LogP contribution in [0.1, 0.15) is 24.1 Å². The number of allylic oxidation sites excluding steroid dienone is 1. The Morgan fingerprint density at radius 3 is 2.51 bits per heavy atom. The van der Waals surface area contributed by atoms with Crippen LogP contribution in [0.3, 0.4) is 0 Å². The number of esters is 1. The number of thiazole rings is 1. The lowest BCUT2D eigenvalue weighted by atomic mass is 9.95. The molecular weight excluding hydrogens is 670 g/mol. The Kier molecular flexibility index (Phi) is 9.43. The van der Waals surface area contributed by atoms with Crippen LogP contribution in [0.4, 0.5) is 5.69 Å². The summed E-state index contributed by atoms with van der Waals surface area (Å²) >= 11 is 7.45. The standard InChI is InChI=1S/C36H30ClN3O8S/c1-19-31(35(44)47-4)32(22-16-24(37)33(42)28(17-22)46-3)40-34(43)29(49-36(40)38-19)15-20-12-13-26(27(14-20)45-2)48-18-30(41)39-25-11-7-9-21-8-5-6-10-23(21)25/h5-17,32,42H,18H2,1-4H3,(H,39,41)/b29-15+. The molecule has 6 rings (SSSR count). The number of carbonyl (C=O) groups is 2. The van der Waals surface area contributed by atoms with E-state index >= 15 is 0 Å². The maximum atomic E-state index is 14.0. The summed E-state index contributed by atoms with van der Waals surface area (Å²) < 4.78 is 23.4. The molecule has 1 atom stereocenters. The number of ether oxygens (including phenoxy) is 4. The van der Waals surface area contributed by atoms with Crippen LogP contribution in [0.15, 0.2) is 93.9 Å². The van der Waals surface area contributed by atoms with E-state index in [-0.39, 0.29) is 34.6 Å². The second kappa shape index (κ2) is 13.9. The number of amides is 1. The van der Waals surface area contributed by atoms with Crippen molar-refractivity contribution >= 4 is 57.4 Å². The zero-order chi connectivity index (χ0) is 34.8. The number of halogens is 1.